The number of nitrogen functional groups attached to an aromatic ring is 1. The summed E-state index contributed by atoms with van der Waals surface area (Å²) in [6, 6.07) is 7.97. The zero-order chi connectivity index (χ0) is 10.5. The summed E-state index contributed by atoms with van der Waals surface area (Å²) in [6.45, 7) is 2.76. The average Bonchev–Trinajstić information content (AvgIpc) is 2.74. The van der Waals surface area contributed by atoms with Crippen LogP contribution in [0.3, 0.4) is 0 Å². The topological polar surface area (TPSA) is 47.3 Å². The summed E-state index contributed by atoms with van der Waals surface area (Å²) in [6.07, 6.45) is 2.81. The van der Waals surface area contributed by atoms with E-state index in [-0.39, 0.29) is 0 Å². The van der Waals surface area contributed by atoms with Crippen molar-refractivity contribution in [3.05, 3.63) is 29.8 Å². The summed E-state index contributed by atoms with van der Waals surface area (Å²) in [5.41, 5.74) is 7.70. The van der Waals surface area contributed by atoms with Crippen molar-refractivity contribution in [2.45, 2.75) is 25.5 Å². The van der Waals surface area contributed by atoms with Crippen LogP contribution in [0.4, 0.5) is 5.69 Å². The van der Waals surface area contributed by atoms with Crippen molar-refractivity contribution >= 4 is 5.69 Å². The molecule has 1 aromatic carbocycles. The van der Waals surface area contributed by atoms with E-state index < -0.39 is 0 Å². The minimum absolute atomic E-state index is 0.416. The maximum absolute atomic E-state index is 5.61. The lowest BCUT2D eigenvalue weighted by molar-refractivity contribution is 0.110. The predicted molar refractivity (Wildman–Crippen MR) is 61.5 cm³/mol. The van der Waals surface area contributed by atoms with Gasteiger partial charge >= 0.3 is 0 Å². The van der Waals surface area contributed by atoms with E-state index in [0.29, 0.717) is 6.10 Å². The van der Waals surface area contributed by atoms with E-state index in [9.17, 15) is 0 Å². The van der Waals surface area contributed by atoms with E-state index >= 15 is 0 Å². The van der Waals surface area contributed by atoms with Gasteiger partial charge in [0, 0.05) is 25.4 Å². The number of anilines is 1. The van der Waals surface area contributed by atoms with Gasteiger partial charge in [0.2, 0.25) is 0 Å². The molecule has 1 aliphatic rings. The molecule has 0 spiro atoms. The van der Waals surface area contributed by atoms with Gasteiger partial charge in [-0.2, -0.15) is 0 Å². The van der Waals surface area contributed by atoms with Crippen molar-refractivity contribution in [1.82, 2.24) is 5.32 Å². The third-order valence-corrected chi connectivity index (χ3v) is 2.70. The fourth-order valence-electron chi connectivity index (χ4n) is 1.82. The minimum atomic E-state index is 0.416. The van der Waals surface area contributed by atoms with Gasteiger partial charge in [0.1, 0.15) is 0 Å². The molecule has 1 aromatic rings. The van der Waals surface area contributed by atoms with Gasteiger partial charge in [0.05, 0.1) is 6.10 Å². The molecular weight excluding hydrogens is 188 g/mol. The second-order valence-corrected chi connectivity index (χ2v) is 4.01. The maximum atomic E-state index is 5.61. The number of nitrogens with one attached hydrogen (secondary N) is 1. The zero-order valence-corrected chi connectivity index (χ0v) is 8.91. The van der Waals surface area contributed by atoms with Gasteiger partial charge in [-0.05, 0) is 30.5 Å². The normalized spacial score (nSPS) is 20.7. The molecule has 1 heterocycles. The van der Waals surface area contributed by atoms with Crippen molar-refractivity contribution < 1.29 is 4.74 Å². The Morgan fingerprint density at radius 2 is 2.13 bits per heavy atom. The first kappa shape index (κ1) is 10.5. The number of rotatable bonds is 4. The lowest BCUT2D eigenvalue weighted by Gasteiger charge is -2.10. The highest BCUT2D eigenvalue weighted by Crippen LogP contribution is 2.11. The third-order valence-electron chi connectivity index (χ3n) is 2.70. The molecule has 0 amide bonds. The Bertz CT molecular complexity index is 291. The Labute approximate surface area is 90.6 Å². The first-order valence-electron chi connectivity index (χ1n) is 5.51. The lowest BCUT2D eigenvalue weighted by Crippen LogP contribution is -2.25. The first-order valence-corrected chi connectivity index (χ1v) is 5.51. The molecule has 1 atom stereocenters. The third kappa shape index (κ3) is 3.22. The SMILES string of the molecule is Nc1ccc(CNC[C@H]2CCCO2)cc1. The molecule has 2 rings (SSSR count). The summed E-state index contributed by atoms with van der Waals surface area (Å²) >= 11 is 0. The number of benzene rings is 1. The molecule has 0 saturated carbocycles. The Balaban J connectivity index is 1.71. The zero-order valence-electron chi connectivity index (χ0n) is 8.91. The van der Waals surface area contributed by atoms with Crippen LogP contribution in [-0.2, 0) is 11.3 Å². The van der Waals surface area contributed by atoms with E-state index in [1.165, 1.54) is 18.4 Å². The van der Waals surface area contributed by atoms with Gasteiger partial charge in [-0.25, -0.2) is 0 Å². The molecule has 3 heteroatoms. The van der Waals surface area contributed by atoms with Crippen LogP contribution in [-0.4, -0.2) is 19.3 Å². The predicted octanol–water partition coefficient (Wildman–Crippen LogP) is 1.54. The monoisotopic (exact) mass is 206 g/mol. The second-order valence-electron chi connectivity index (χ2n) is 4.01. The quantitative estimate of drug-likeness (QED) is 0.735. The van der Waals surface area contributed by atoms with Crippen molar-refractivity contribution in [1.29, 1.82) is 0 Å². The standard InChI is InChI=1S/C12H18N2O/c13-11-5-3-10(4-6-11)8-14-9-12-2-1-7-15-12/h3-6,12,14H,1-2,7-9,13H2/t12-/m1/s1. The summed E-state index contributed by atoms with van der Waals surface area (Å²) in [5.74, 6) is 0. The van der Waals surface area contributed by atoms with Crippen LogP contribution in [0.2, 0.25) is 0 Å². The van der Waals surface area contributed by atoms with Crippen LogP contribution in [0.1, 0.15) is 18.4 Å². The van der Waals surface area contributed by atoms with Crippen LogP contribution < -0.4 is 11.1 Å². The van der Waals surface area contributed by atoms with E-state index in [4.69, 9.17) is 10.5 Å². The molecule has 0 aliphatic carbocycles. The Kier molecular flexibility index (Phi) is 3.59. The van der Waals surface area contributed by atoms with Gasteiger partial charge < -0.3 is 15.8 Å². The van der Waals surface area contributed by atoms with Crippen molar-refractivity contribution in [3.8, 4) is 0 Å². The first-order chi connectivity index (χ1) is 7.34. The van der Waals surface area contributed by atoms with E-state index in [2.05, 4.69) is 17.4 Å². The van der Waals surface area contributed by atoms with E-state index in [0.717, 1.165) is 25.4 Å². The average molecular weight is 206 g/mol. The Hall–Kier alpha value is -1.06. The highest BCUT2D eigenvalue weighted by molar-refractivity contribution is 5.39. The molecule has 0 unspecified atom stereocenters. The molecular formula is C12H18N2O. The summed E-state index contributed by atoms with van der Waals surface area (Å²) in [5, 5.41) is 3.40. The highest BCUT2D eigenvalue weighted by Gasteiger charge is 2.14. The number of ether oxygens (including phenoxy) is 1. The molecule has 1 fully saturated rings. The fraction of sp³-hybridized carbons (Fsp3) is 0.500. The summed E-state index contributed by atoms with van der Waals surface area (Å²) in [4.78, 5) is 0. The Morgan fingerprint density at radius 3 is 2.80 bits per heavy atom. The largest absolute Gasteiger partial charge is 0.399 e. The molecule has 82 valence electrons. The lowest BCUT2D eigenvalue weighted by atomic mass is 10.2. The second kappa shape index (κ2) is 5.14. The van der Waals surface area contributed by atoms with E-state index in [1.807, 2.05) is 12.1 Å². The van der Waals surface area contributed by atoms with Gasteiger partial charge in [0.15, 0.2) is 0 Å². The molecule has 15 heavy (non-hydrogen) atoms. The minimum Gasteiger partial charge on any atom is -0.399 e. The molecule has 3 nitrogen and oxygen atoms in total. The van der Waals surface area contributed by atoms with Gasteiger partial charge in [-0.15, -0.1) is 0 Å². The smallest absolute Gasteiger partial charge is 0.0700 e. The number of hydrogen-bond acceptors (Lipinski definition) is 3. The molecule has 1 saturated heterocycles. The van der Waals surface area contributed by atoms with Crippen molar-refractivity contribution in [2.24, 2.45) is 0 Å². The fourth-order valence-corrected chi connectivity index (χ4v) is 1.82. The molecule has 0 radical (unpaired) electrons. The molecule has 0 bridgehead atoms. The van der Waals surface area contributed by atoms with Crippen LogP contribution >= 0.6 is 0 Å². The van der Waals surface area contributed by atoms with E-state index in [1.54, 1.807) is 0 Å². The van der Waals surface area contributed by atoms with Crippen molar-refractivity contribution in [3.63, 3.8) is 0 Å². The van der Waals surface area contributed by atoms with Crippen LogP contribution in [0.5, 0.6) is 0 Å². The molecule has 3 N–H and O–H groups in total. The number of nitrogens with two attached hydrogens (primary N) is 1. The van der Waals surface area contributed by atoms with Gasteiger partial charge in [0.25, 0.3) is 0 Å². The van der Waals surface area contributed by atoms with Gasteiger partial charge in [-0.1, -0.05) is 12.1 Å². The van der Waals surface area contributed by atoms with Crippen LogP contribution in [0, 0.1) is 0 Å². The maximum Gasteiger partial charge on any atom is 0.0700 e. The Morgan fingerprint density at radius 1 is 1.33 bits per heavy atom. The van der Waals surface area contributed by atoms with Crippen LogP contribution in [0.25, 0.3) is 0 Å². The summed E-state index contributed by atoms with van der Waals surface area (Å²) in [7, 11) is 0. The van der Waals surface area contributed by atoms with Gasteiger partial charge in [-0.3, -0.25) is 0 Å². The highest BCUT2D eigenvalue weighted by atomic mass is 16.5. The molecule has 1 aliphatic heterocycles. The number of hydrogen-bond donors (Lipinski definition) is 2. The van der Waals surface area contributed by atoms with Crippen molar-refractivity contribution in [2.75, 3.05) is 18.9 Å². The molecule has 0 aromatic heterocycles. The summed E-state index contributed by atoms with van der Waals surface area (Å²) < 4.78 is 5.53. The van der Waals surface area contributed by atoms with Crippen LogP contribution in [0.15, 0.2) is 24.3 Å².